The van der Waals surface area contributed by atoms with Gasteiger partial charge >= 0.3 is 29.6 Å². The molecule has 2 amide bonds. The van der Waals surface area contributed by atoms with E-state index in [1.807, 2.05) is 61.5 Å². The smallest absolute Gasteiger partial charge is 0.748 e. The molecular formula is C41H44ClN2NaO5S. The predicted octanol–water partition coefficient (Wildman–Crippen LogP) is 5.79. The van der Waals surface area contributed by atoms with Crippen molar-refractivity contribution in [1.82, 2.24) is 5.32 Å². The van der Waals surface area contributed by atoms with Gasteiger partial charge in [-0.15, -0.1) is 0 Å². The van der Waals surface area contributed by atoms with Crippen LogP contribution >= 0.6 is 11.6 Å². The first-order chi connectivity index (χ1) is 23.7. The second-order valence-electron chi connectivity index (χ2n) is 14.2. The third-order valence-electron chi connectivity index (χ3n) is 9.58. The number of anilines is 1. The molecule has 1 aliphatic rings. The van der Waals surface area contributed by atoms with E-state index in [1.165, 1.54) is 11.1 Å². The number of halogens is 1. The molecule has 0 saturated carbocycles. The minimum absolute atomic E-state index is 0. The summed E-state index contributed by atoms with van der Waals surface area (Å²) in [5.41, 5.74) is 8.69. The molecule has 7 nitrogen and oxygen atoms in total. The maximum Gasteiger partial charge on any atom is 1.00 e. The Morgan fingerprint density at radius 1 is 0.922 bits per heavy atom. The summed E-state index contributed by atoms with van der Waals surface area (Å²) < 4.78 is 32.6. The van der Waals surface area contributed by atoms with E-state index >= 15 is 0 Å². The van der Waals surface area contributed by atoms with E-state index in [4.69, 9.17) is 11.6 Å². The van der Waals surface area contributed by atoms with Crippen LogP contribution in [0.4, 0.5) is 5.69 Å². The molecule has 10 heteroatoms. The third-order valence-corrected chi connectivity index (χ3v) is 10.5. The minimum Gasteiger partial charge on any atom is -0.748 e. The molecule has 0 saturated heterocycles. The zero-order valence-electron chi connectivity index (χ0n) is 30.0. The molecule has 2 unspecified atom stereocenters. The Bertz CT molecular complexity index is 1970. The van der Waals surface area contributed by atoms with Gasteiger partial charge in [0.05, 0.1) is 21.8 Å². The number of amides is 2. The molecule has 262 valence electrons. The van der Waals surface area contributed by atoms with E-state index in [9.17, 15) is 22.6 Å². The van der Waals surface area contributed by atoms with Crippen molar-refractivity contribution in [2.75, 3.05) is 17.6 Å². The number of rotatable bonds is 11. The van der Waals surface area contributed by atoms with Crippen molar-refractivity contribution in [1.29, 1.82) is 0 Å². The van der Waals surface area contributed by atoms with Crippen LogP contribution in [0.15, 0.2) is 97.1 Å². The second-order valence-corrected chi connectivity index (χ2v) is 16.1. The van der Waals surface area contributed by atoms with Crippen LogP contribution in [0, 0.1) is 18.3 Å². The average molecular weight is 735 g/mol. The predicted molar refractivity (Wildman–Crippen MR) is 201 cm³/mol. The Kier molecular flexibility index (Phi) is 13.9. The Labute approximate surface area is 329 Å². The molecular weight excluding hydrogens is 691 g/mol. The van der Waals surface area contributed by atoms with E-state index < -0.39 is 27.7 Å². The quantitative estimate of drug-likeness (QED) is 0.150. The van der Waals surface area contributed by atoms with Crippen molar-refractivity contribution in [2.45, 2.75) is 59.3 Å². The minimum atomic E-state index is -4.42. The van der Waals surface area contributed by atoms with Crippen LogP contribution in [0.25, 0.3) is 16.7 Å². The van der Waals surface area contributed by atoms with Crippen LogP contribution in [0.2, 0.25) is 5.02 Å². The molecule has 0 heterocycles. The van der Waals surface area contributed by atoms with Gasteiger partial charge in [0.25, 0.3) is 5.91 Å². The van der Waals surface area contributed by atoms with Gasteiger partial charge in [0.1, 0.15) is 0 Å². The van der Waals surface area contributed by atoms with Crippen molar-refractivity contribution < 1.29 is 52.1 Å². The Balaban J connectivity index is 0.00000583. The van der Waals surface area contributed by atoms with Gasteiger partial charge in [-0.25, -0.2) is 8.42 Å². The van der Waals surface area contributed by atoms with Gasteiger partial charge in [-0.1, -0.05) is 93.0 Å². The molecule has 2 N–H and O–H groups in total. The maximum absolute atomic E-state index is 14.0. The van der Waals surface area contributed by atoms with Crippen LogP contribution in [-0.4, -0.2) is 37.1 Å². The van der Waals surface area contributed by atoms with E-state index in [0.29, 0.717) is 28.6 Å². The zero-order valence-corrected chi connectivity index (χ0v) is 33.5. The molecule has 4 aromatic rings. The number of allylic oxidation sites excluding steroid dienone is 2. The van der Waals surface area contributed by atoms with Gasteiger partial charge in [-0.05, 0) is 119 Å². The molecule has 4 aromatic carbocycles. The van der Waals surface area contributed by atoms with Gasteiger partial charge in [-0.3, -0.25) is 9.59 Å². The van der Waals surface area contributed by atoms with Gasteiger partial charge in [-0.2, -0.15) is 0 Å². The van der Waals surface area contributed by atoms with Crippen molar-refractivity contribution in [2.24, 2.45) is 11.3 Å². The summed E-state index contributed by atoms with van der Waals surface area (Å²) >= 11 is 6.15. The Morgan fingerprint density at radius 2 is 1.57 bits per heavy atom. The summed E-state index contributed by atoms with van der Waals surface area (Å²) in [5.74, 6) is -1.17. The molecule has 0 spiro atoms. The van der Waals surface area contributed by atoms with Gasteiger partial charge in [0.15, 0.2) is 0 Å². The monoisotopic (exact) mass is 734 g/mol. The molecule has 0 radical (unpaired) electrons. The molecule has 0 bridgehead atoms. The van der Waals surface area contributed by atoms with E-state index in [-0.39, 0.29) is 47.4 Å². The van der Waals surface area contributed by atoms with E-state index in [0.717, 1.165) is 47.1 Å². The molecule has 1 aliphatic carbocycles. The van der Waals surface area contributed by atoms with Crippen LogP contribution in [0.1, 0.15) is 78.6 Å². The van der Waals surface area contributed by atoms with Crippen molar-refractivity contribution in [3.63, 3.8) is 0 Å². The average Bonchev–Trinajstić information content (AvgIpc) is 3.07. The number of hydrogen-bond acceptors (Lipinski definition) is 5. The molecule has 0 fully saturated rings. The first-order valence-corrected chi connectivity index (χ1v) is 18.9. The number of nitrogens with one attached hydrogen (secondary N) is 2. The van der Waals surface area contributed by atoms with Crippen LogP contribution < -0.4 is 40.2 Å². The van der Waals surface area contributed by atoms with E-state index in [1.54, 1.807) is 24.3 Å². The number of hydrogen-bond donors (Lipinski definition) is 2. The topological polar surface area (TPSA) is 115 Å². The normalized spacial score (nSPS) is 15.3. The van der Waals surface area contributed by atoms with Gasteiger partial charge in [0, 0.05) is 22.8 Å². The number of aryl methyl sites for hydroxylation is 1. The molecule has 0 aliphatic heterocycles. The summed E-state index contributed by atoms with van der Waals surface area (Å²) in [6.45, 7) is 8.66. The fourth-order valence-corrected chi connectivity index (χ4v) is 7.09. The first-order valence-electron chi connectivity index (χ1n) is 16.9. The summed E-state index contributed by atoms with van der Waals surface area (Å²) in [5, 5.41) is 6.26. The molecule has 0 aromatic heterocycles. The fourth-order valence-electron chi connectivity index (χ4n) is 6.51. The third kappa shape index (κ3) is 11.4. The Morgan fingerprint density at radius 3 is 2.14 bits per heavy atom. The summed E-state index contributed by atoms with van der Waals surface area (Å²) in [4.78, 5) is 26.5. The van der Waals surface area contributed by atoms with E-state index in [2.05, 4.69) is 49.6 Å². The largest absolute Gasteiger partial charge is 1.00 e. The molecule has 51 heavy (non-hydrogen) atoms. The van der Waals surface area contributed by atoms with Gasteiger partial charge in [0.2, 0.25) is 5.91 Å². The van der Waals surface area contributed by atoms with Crippen molar-refractivity contribution >= 4 is 44.8 Å². The second kappa shape index (κ2) is 17.5. The van der Waals surface area contributed by atoms with Crippen molar-refractivity contribution in [3.05, 3.63) is 130 Å². The van der Waals surface area contributed by atoms with Crippen LogP contribution in [0.3, 0.4) is 0 Å². The fraction of sp³-hybridized carbons (Fsp3) is 0.317. The number of carbonyl (C=O) groups excluding carboxylic acids is 2. The SMILES string of the molecule is Cc1cc(Cl)ccc1-c1ccc(NC(=O)C(Cc2ccc(C(=O)NCCS(=O)(=O)[O-])cc2)c2ccc(C3=CCC(C(C)(C)C)CC3)cc2)cc1.[Na+]. The maximum atomic E-state index is 14.0. The van der Waals surface area contributed by atoms with Crippen molar-refractivity contribution in [3.8, 4) is 11.1 Å². The summed E-state index contributed by atoms with van der Waals surface area (Å²) in [6.07, 6.45) is 6.01. The number of benzene rings is 4. The molecule has 2 atom stereocenters. The Hall–Kier alpha value is -3.24. The standard InChI is InChI=1S/C41H45ClN2O5S.Na/c1-27-25-35(42)19-22-37(27)31-15-20-36(21-16-31)44-40(46)38(26-28-5-7-33(8-6-28)39(45)43-23-24-50(47,48)49)32-11-9-29(10-12-32)30-13-17-34(18-14-30)41(2,3)4;/h5-13,15-16,19-22,25,34,38H,14,17-18,23-24,26H2,1-4H3,(H,43,45)(H,44,46)(H,47,48,49);/q;+1/p-1. The van der Waals surface area contributed by atoms with Crippen LogP contribution in [-0.2, 0) is 21.3 Å². The summed E-state index contributed by atoms with van der Waals surface area (Å²) in [6, 6.07) is 28.7. The van der Waals surface area contributed by atoms with Crippen LogP contribution in [0.5, 0.6) is 0 Å². The first kappa shape index (κ1) is 40.5. The molecule has 5 rings (SSSR count). The summed E-state index contributed by atoms with van der Waals surface area (Å²) in [7, 11) is -4.42. The zero-order chi connectivity index (χ0) is 36.1. The number of carbonyl (C=O) groups is 2. The van der Waals surface area contributed by atoms with Gasteiger partial charge < -0.3 is 15.2 Å².